The Hall–Kier alpha value is -1.30. The fourth-order valence-electron chi connectivity index (χ4n) is 3.10. The van der Waals surface area contributed by atoms with E-state index in [1.54, 1.807) is 0 Å². The number of nitrogens with one attached hydrogen (secondary N) is 1. The molecule has 3 fully saturated rings. The number of guanidine groups is 1. The van der Waals surface area contributed by atoms with Crippen LogP contribution in [-0.2, 0) is 9.53 Å². The van der Waals surface area contributed by atoms with E-state index < -0.39 is 0 Å². The zero-order chi connectivity index (χ0) is 14.8. The SMILES string of the molecule is CN=C(NC1CC1C)N1CCN(C(=O)C2CCCO2)CC1. The minimum absolute atomic E-state index is 0.172. The topological polar surface area (TPSA) is 57.2 Å². The van der Waals surface area contributed by atoms with Gasteiger partial charge < -0.3 is 19.9 Å². The van der Waals surface area contributed by atoms with Gasteiger partial charge in [0.05, 0.1) is 0 Å². The lowest BCUT2D eigenvalue weighted by Gasteiger charge is -2.37. The third kappa shape index (κ3) is 3.31. The monoisotopic (exact) mass is 294 g/mol. The highest BCUT2D eigenvalue weighted by atomic mass is 16.5. The average Bonchev–Trinajstić information content (AvgIpc) is 2.99. The number of aliphatic imine (C=N–C) groups is 1. The van der Waals surface area contributed by atoms with Gasteiger partial charge in [-0.05, 0) is 25.2 Å². The summed E-state index contributed by atoms with van der Waals surface area (Å²) in [5.41, 5.74) is 0. The fourth-order valence-corrected chi connectivity index (χ4v) is 3.10. The van der Waals surface area contributed by atoms with Gasteiger partial charge in [-0.3, -0.25) is 9.79 Å². The summed E-state index contributed by atoms with van der Waals surface area (Å²) in [5, 5.41) is 3.51. The van der Waals surface area contributed by atoms with Crippen molar-refractivity contribution in [3.63, 3.8) is 0 Å². The molecular formula is C15H26N4O2. The summed E-state index contributed by atoms with van der Waals surface area (Å²) in [6.45, 7) is 6.20. The van der Waals surface area contributed by atoms with Gasteiger partial charge >= 0.3 is 0 Å². The first-order valence-electron chi connectivity index (χ1n) is 8.07. The Bertz CT molecular complexity index is 412. The maximum Gasteiger partial charge on any atom is 0.251 e. The number of rotatable bonds is 2. The second-order valence-corrected chi connectivity index (χ2v) is 6.33. The van der Waals surface area contributed by atoms with Gasteiger partial charge in [0.25, 0.3) is 5.91 Å². The summed E-state index contributed by atoms with van der Waals surface area (Å²) in [4.78, 5) is 20.9. The molecule has 6 nitrogen and oxygen atoms in total. The molecule has 2 aliphatic heterocycles. The molecule has 6 heteroatoms. The lowest BCUT2D eigenvalue weighted by Crippen LogP contribution is -2.55. The predicted octanol–water partition coefficient (Wildman–Crippen LogP) is 0.293. The molecule has 3 unspecified atom stereocenters. The predicted molar refractivity (Wildman–Crippen MR) is 81.2 cm³/mol. The van der Waals surface area contributed by atoms with Crippen molar-refractivity contribution in [3.8, 4) is 0 Å². The summed E-state index contributed by atoms with van der Waals surface area (Å²) in [7, 11) is 1.83. The van der Waals surface area contributed by atoms with E-state index in [0.717, 1.165) is 57.5 Å². The van der Waals surface area contributed by atoms with Crippen LogP contribution in [0.4, 0.5) is 0 Å². The van der Waals surface area contributed by atoms with Crippen molar-refractivity contribution in [1.82, 2.24) is 15.1 Å². The highest BCUT2D eigenvalue weighted by Crippen LogP contribution is 2.29. The van der Waals surface area contributed by atoms with Gasteiger partial charge in [0.15, 0.2) is 5.96 Å². The van der Waals surface area contributed by atoms with Crippen molar-refractivity contribution in [2.45, 2.75) is 38.3 Å². The molecule has 0 aromatic carbocycles. The van der Waals surface area contributed by atoms with E-state index in [1.807, 2.05) is 11.9 Å². The van der Waals surface area contributed by atoms with Crippen LogP contribution < -0.4 is 5.32 Å². The van der Waals surface area contributed by atoms with Crippen LogP contribution in [0, 0.1) is 5.92 Å². The van der Waals surface area contributed by atoms with Crippen molar-refractivity contribution in [1.29, 1.82) is 0 Å². The van der Waals surface area contributed by atoms with Crippen molar-refractivity contribution < 1.29 is 9.53 Å². The molecule has 1 saturated carbocycles. The number of carbonyl (C=O) groups is 1. The largest absolute Gasteiger partial charge is 0.368 e. The minimum atomic E-state index is -0.193. The molecule has 1 amide bonds. The molecule has 1 aliphatic carbocycles. The Morgan fingerprint density at radius 2 is 1.90 bits per heavy atom. The molecule has 0 radical (unpaired) electrons. The lowest BCUT2D eigenvalue weighted by atomic mass is 10.2. The van der Waals surface area contributed by atoms with E-state index in [0.29, 0.717) is 6.04 Å². The van der Waals surface area contributed by atoms with Crippen LogP contribution in [-0.4, -0.2) is 73.6 Å². The number of hydrogen-bond acceptors (Lipinski definition) is 3. The number of carbonyl (C=O) groups excluding carboxylic acids is 1. The van der Waals surface area contributed by atoms with Crippen LogP contribution in [0.1, 0.15) is 26.2 Å². The van der Waals surface area contributed by atoms with E-state index in [-0.39, 0.29) is 12.0 Å². The van der Waals surface area contributed by atoms with E-state index >= 15 is 0 Å². The Kier molecular flexibility index (Phi) is 4.33. The summed E-state index contributed by atoms with van der Waals surface area (Å²) in [6.07, 6.45) is 2.92. The molecule has 3 rings (SSSR count). The zero-order valence-corrected chi connectivity index (χ0v) is 13.0. The van der Waals surface area contributed by atoms with Gasteiger partial charge in [-0.25, -0.2) is 0 Å². The van der Waals surface area contributed by atoms with E-state index in [2.05, 4.69) is 22.1 Å². The Morgan fingerprint density at radius 1 is 1.24 bits per heavy atom. The lowest BCUT2D eigenvalue weighted by molar-refractivity contribution is -0.142. The molecule has 0 bridgehead atoms. The summed E-state index contributed by atoms with van der Waals surface area (Å²) < 4.78 is 5.50. The first-order chi connectivity index (χ1) is 10.2. The molecule has 0 aromatic heterocycles. The molecular weight excluding hydrogens is 268 g/mol. The van der Waals surface area contributed by atoms with Gasteiger partial charge in [0, 0.05) is 45.9 Å². The Labute approximate surface area is 126 Å². The normalized spacial score (nSPS) is 33.2. The van der Waals surface area contributed by atoms with Crippen molar-refractivity contribution in [3.05, 3.63) is 0 Å². The first kappa shape index (κ1) is 14.6. The van der Waals surface area contributed by atoms with Gasteiger partial charge in [0.2, 0.25) is 0 Å². The highest BCUT2D eigenvalue weighted by molar-refractivity contribution is 5.83. The van der Waals surface area contributed by atoms with Crippen LogP contribution in [0.2, 0.25) is 0 Å². The van der Waals surface area contributed by atoms with E-state index in [4.69, 9.17) is 4.74 Å². The Balaban J connectivity index is 1.48. The second-order valence-electron chi connectivity index (χ2n) is 6.33. The van der Waals surface area contributed by atoms with Gasteiger partial charge in [-0.15, -0.1) is 0 Å². The fraction of sp³-hybridized carbons (Fsp3) is 0.867. The molecule has 3 atom stereocenters. The zero-order valence-electron chi connectivity index (χ0n) is 13.0. The third-order valence-corrected chi connectivity index (χ3v) is 4.73. The minimum Gasteiger partial charge on any atom is -0.368 e. The van der Waals surface area contributed by atoms with Crippen molar-refractivity contribution >= 4 is 11.9 Å². The van der Waals surface area contributed by atoms with Crippen LogP contribution in [0.5, 0.6) is 0 Å². The number of amides is 1. The van der Waals surface area contributed by atoms with Crippen LogP contribution >= 0.6 is 0 Å². The van der Waals surface area contributed by atoms with Crippen LogP contribution in [0.3, 0.4) is 0 Å². The van der Waals surface area contributed by atoms with Crippen molar-refractivity contribution in [2.24, 2.45) is 10.9 Å². The molecule has 0 aromatic rings. The summed E-state index contributed by atoms with van der Waals surface area (Å²) in [5.74, 6) is 1.91. The quantitative estimate of drug-likeness (QED) is 0.588. The summed E-state index contributed by atoms with van der Waals surface area (Å²) >= 11 is 0. The van der Waals surface area contributed by atoms with Gasteiger partial charge in [-0.1, -0.05) is 6.92 Å². The molecule has 1 N–H and O–H groups in total. The number of hydrogen-bond donors (Lipinski definition) is 1. The number of piperazine rings is 1. The van der Waals surface area contributed by atoms with E-state index in [1.165, 1.54) is 6.42 Å². The van der Waals surface area contributed by atoms with Crippen molar-refractivity contribution in [2.75, 3.05) is 39.8 Å². The molecule has 118 valence electrons. The Morgan fingerprint density at radius 3 is 2.43 bits per heavy atom. The molecule has 2 saturated heterocycles. The molecule has 3 aliphatic rings. The third-order valence-electron chi connectivity index (χ3n) is 4.73. The first-order valence-corrected chi connectivity index (χ1v) is 8.07. The molecule has 0 spiro atoms. The summed E-state index contributed by atoms with van der Waals surface area (Å²) in [6, 6.07) is 0.579. The maximum absolute atomic E-state index is 12.3. The standard InChI is InChI=1S/C15H26N4O2/c1-11-10-12(11)17-15(16-2)19-7-5-18(6-8-19)14(20)13-4-3-9-21-13/h11-13H,3-10H2,1-2H3,(H,16,17). The maximum atomic E-state index is 12.3. The highest BCUT2D eigenvalue weighted by Gasteiger charge is 2.35. The smallest absolute Gasteiger partial charge is 0.251 e. The van der Waals surface area contributed by atoms with Gasteiger partial charge in [0.1, 0.15) is 6.10 Å². The second kappa shape index (κ2) is 6.22. The number of ether oxygens (including phenoxy) is 1. The molecule has 21 heavy (non-hydrogen) atoms. The number of nitrogens with zero attached hydrogens (tertiary/aromatic N) is 3. The van der Waals surface area contributed by atoms with E-state index in [9.17, 15) is 4.79 Å². The molecule has 2 heterocycles. The van der Waals surface area contributed by atoms with Crippen LogP contribution in [0.15, 0.2) is 4.99 Å². The van der Waals surface area contributed by atoms with Gasteiger partial charge in [-0.2, -0.15) is 0 Å². The van der Waals surface area contributed by atoms with Crippen LogP contribution in [0.25, 0.3) is 0 Å². The average molecular weight is 294 g/mol.